The molecule has 0 saturated carbocycles. The predicted molar refractivity (Wildman–Crippen MR) is 72.5 cm³/mol. The van der Waals surface area contributed by atoms with Gasteiger partial charge in [-0.1, -0.05) is 6.92 Å². The molecule has 3 N–H and O–H groups in total. The highest BCUT2D eigenvalue weighted by molar-refractivity contribution is 5.82. The minimum atomic E-state index is -0.0615. The Labute approximate surface area is 110 Å². The Morgan fingerprint density at radius 3 is 2.72 bits per heavy atom. The number of nitrogens with zero attached hydrogens (tertiary/aromatic N) is 1. The number of carbonyl (C=O) groups is 1. The van der Waals surface area contributed by atoms with E-state index in [2.05, 4.69) is 34.8 Å². The second kappa shape index (κ2) is 5.99. The van der Waals surface area contributed by atoms with Crippen molar-refractivity contribution < 1.29 is 4.79 Å². The zero-order valence-electron chi connectivity index (χ0n) is 11.6. The third-order valence-corrected chi connectivity index (χ3v) is 4.24. The van der Waals surface area contributed by atoms with Gasteiger partial charge in [0.2, 0.25) is 5.91 Å². The molecule has 0 spiro atoms. The summed E-state index contributed by atoms with van der Waals surface area (Å²) in [6.45, 7) is 7.93. The van der Waals surface area contributed by atoms with Crippen LogP contribution in [0.4, 0.5) is 0 Å². The van der Waals surface area contributed by atoms with Crippen molar-refractivity contribution in [2.75, 3.05) is 46.3 Å². The first kappa shape index (κ1) is 13.8. The van der Waals surface area contributed by atoms with Crippen LogP contribution < -0.4 is 16.0 Å². The van der Waals surface area contributed by atoms with Crippen LogP contribution in [0, 0.1) is 5.41 Å². The van der Waals surface area contributed by atoms with Crippen LogP contribution in [0.25, 0.3) is 0 Å². The Bertz CT molecular complexity index is 281. The lowest BCUT2D eigenvalue weighted by Gasteiger charge is -2.38. The molecule has 2 aliphatic rings. The Morgan fingerprint density at radius 2 is 2.11 bits per heavy atom. The molecule has 2 heterocycles. The first-order chi connectivity index (χ1) is 8.59. The van der Waals surface area contributed by atoms with Crippen molar-refractivity contribution >= 4 is 5.91 Å². The molecule has 2 fully saturated rings. The van der Waals surface area contributed by atoms with Gasteiger partial charge in [-0.2, -0.15) is 0 Å². The summed E-state index contributed by atoms with van der Waals surface area (Å²) >= 11 is 0. The van der Waals surface area contributed by atoms with Crippen molar-refractivity contribution in [2.45, 2.75) is 25.8 Å². The van der Waals surface area contributed by atoms with Crippen molar-refractivity contribution in [3.63, 3.8) is 0 Å². The molecule has 0 aromatic carbocycles. The Balaban J connectivity index is 1.74. The van der Waals surface area contributed by atoms with E-state index in [-0.39, 0.29) is 17.4 Å². The standard InChI is InChI=1S/C13H26N4O/c1-13(3-7-17(2)8-4-13)10-16-12(18)11-9-14-5-6-15-11/h11,14-15H,3-10H2,1-2H3,(H,16,18). The number of hydrogen-bond acceptors (Lipinski definition) is 4. The van der Waals surface area contributed by atoms with Gasteiger partial charge >= 0.3 is 0 Å². The third-order valence-electron chi connectivity index (χ3n) is 4.24. The van der Waals surface area contributed by atoms with Crippen molar-refractivity contribution in [2.24, 2.45) is 5.41 Å². The van der Waals surface area contributed by atoms with E-state index in [1.165, 1.54) is 12.8 Å². The van der Waals surface area contributed by atoms with Gasteiger partial charge in [0.25, 0.3) is 0 Å². The number of hydrogen-bond donors (Lipinski definition) is 3. The van der Waals surface area contributed by atoms with Gasteiger partial charge in [0.15, 0.2) is 0 Å². The maximum Gasteiger partial charge on any atom is 0.238 e. The molecule has 2 aliphatic heterocycles. The second-order valence-electron chi connectivity index (χ2n) is 6.04. The minimum Gasteiger partial charge on any atom is -0.354 e. The van der Waals surface area contributed by atoms with Crippen LogP contribution >= 0.6 is 0 Å². The fourth-order valence-electron chi connectivity index (χ4n) is 2.60. The first-order valence-corrected chi connectivity index (χ1v) is 6.99. The average Bonchev–Trinajstić information content (AvgIpc) is 2.41. The number of rotatable bonds is 3. The van der Waals surface area contributed by atoms with Gasteiger partial charge in [0.1, 0.15) is 0 Å². The fourth-order valence-corrected chi connectivity index (χ4v) is 2.60. The van der Waals surface area contributed by atoms with Crippen LogP contribution in [0.15, 0.2) is 0 Å². The Kier molecular flexibility index (Phi) is 4.59. The van der Waals surface area contributed by atoms with E-state index in [9.17, 15) is 4.79 Å². The van der Waals surface area contributed by atoms with Gasteiger partial charge in [-0.25, -0.2) is 0 Å². The molecule has 1 atom stereocenters. The number of piperidine rings is 1. The number of nitrogens with one attached hydrogen (secondary N) is 3. The lowest BCUT2D eigenvalue weighted by molar-refractivity contribution is -0.124. The van der Waals surface area contributed by atoms with E-state index >= 15 is 0 Å². The summed E-state index contributed by atoms with van der Waals surface area (Å²) in [4.78, 5) is 14.4. The molecule has 0 aromatic heterocycles. The number of amides is 1. The summed E-state index contributed by atoms with van der Waals surface area (Å²) < 4.78 is 0. The zero-order valence-corrected chi connectivity index (χ0v) is 11.6. The molecule has 0 aliphatic carbocycles. The molecule has 0 aromatic rings. The maximum atomic E-state index is 12.0. The van der Waals surface area contributed by atoms with Crippen LogP contribution in [-0.4, -0.2) is 63.2 Å². The summed E-state index contributed by atoms with van der Waals surface area (Å²) in [6.07, 6.45) is 2.33. The molecule has 0 bridgehead atoms. The third kappa shape index (κ3) is 3.67. The Morgan fingerprint density at radius 1 is 1.39 bits per heavy atom. The second-order valence-corrected chi connectivity index (χ2v) is 6.04. The molecule has 18 heavy (non-hydrogen) atoms. The number of carbonyl (C=O) groups excluding carboxylic acids is 1. The summed E-state index contributed by atoms with van der Waals surface area (Å²) in [6, 6.07) is -0.0615. The molecule has 5 heteroatoms. The summed E-state index contributed by atoms with van der Waals surface area (Å²) in [5.74, 6) is 0.141. The van der Waals surface area contributed by atoms with Gasteiger partial charge in [-0.05, 0) is 38.4 Å². The van der Waals surface area contributed by atoms with Gasteiger partial charge in [-0.15, -0.1) is 0 Å². The summed E-state index contributed by atoms with van der Waals surface area (Å²) in [5, 5.41) is 9.60. The van der Waals surface area contributed by atoms with Crippen LogP contribution in [0.1, 0.15) is 19.8 Å². The van der Waals surface area contributed by atoms with Gasteiger partial charge in [0.05, 0.1) is 6.04 Å². The van der Waals surface area contributed by atoms with Crippen molar-refractivity contribution in [1.82, 2.24) is 20.9 Å². The molecule has 104 valence electrons. The van der Waals surface area contributed by atoms with Gasteiger partial charge in [0, 0.05) is 26.2 Å². The highest BCUT2D eigenvalue weighted by Gasteiger charge is 2.30. The quantitative estimate of drug-likeness (QED) is 0.629. The first-order valence-electron chi connectivity index (χ1n) is 6.99. The molecule has 1 amide bonds. The monoisotopic (exact) mass is 254 g/mol. The van der Waals surface area contributed by atoms with Crippen molar-refractivity contribution in [1.29, 1.82) is 0 Å². The van der Waals surface area contributed by atoms with Gasteiger partial charge < -0.3 is 20.9 Å². The van der Waals surface area contributed by atoms with E-state index in [0.29, 0.717) is 0 Å². The van der Waals surface area contributed by atoms with Crippen LogP contribution in [0.2, 0.25) is 0 Å². The minimum absolute atomic E-state index is 0.0615. The highest BCUT2D eigenvalue weighted by Crippen LogP contribution is 2.29. The normalized spacial score (nSPS) is 28.9. The molecule has 1 unspecified atom stereocenters. The SMILES string of the molecule is CN1CCC(C)(CNC(=O)C2CNCCN2)CC1. The predicted octanol–water partition coefficient (Wildman–Crippen LogP) is -0.604. The molecule has 0 radical (unpaired) electrons. The lowest BCUT2D eigenvalue weighted by atomic mass is 9.80. The number of piperazine rings is 1. The van der Waals surface area contributed by atoms with E-state index in [4.69, 9.17) is 0 Å². The van der Waals surface area contributed by atoms with Crippen LogP contribution in [-0.2, 0) is 4.79 Å². The van der Waals surface area contributed by atoms with E-state index in [1.54, 1.807) is 0 Å². The summed E-state index contributed by atoms with van der Waals surface area (Å²) in [5.41, 5.74) is 0.268. The summed E-state index contributed by atoms with van der Waals surface area (Å²) in [7, 11) is 2.16. The van der Waals surface area contributed by atoms with Crippen LogP contribution in [0.5, 0.6) is 0 Å². The zero-order chi connectivity index (χ0) is 13.0. The van der Waals surface area contributed by atoms with Gasteiger partial charge in [-0.3, -0.25) is 4.79 Å². The largest absolute Gasteiger partial charge is 0.354 e. The molecule has 2 rings (SSSR count). The van der Waals surface area contributed by atoms with E-state index in [0.717, 1.165) is 39.3 Å². The maximum absolute atomic E-state index is 12.0. The lowest BCUT2D eigenvalue weighted by Crippen LogP contribution is -2.57. The molecule has 2 saturated heterocycles. The highest BCUT2D eigenvalue weighted by atomic mass is 16.2. The van der Waals surface area contributed by atoms with E-state index < -0.39 is 0 Å². The smallest absolute Gasteiger partial charge is 0.238 e. The van der Waals surface area contributed by atoms with E-state index in [1.807, 2.05) is 0 Å². The van der Waals surface area contributed by atoms with Crippen molar-refractivity contribution in [3.8, 4) is 0 Å². The average molecular weight is 254 g/mol. The topological polar surface area (TPSA) is 56.4 Å². The molecular weight excluding hydrogens is 228 g/mol. The van der Waals surface area contributed by atoms with Crippen LogP contribution in [0.3, 0.4) is 0 Å². The Hall–Kier alpha value is -0.650. The van der Waals surface area contributed by atoms with Crippen molar-refractivity contribution in [3.05, 3.63) is 0 Å². The molecular formula is C13H26N4O. The number of likely N-dealkylation sites (tertiary alicyclic amines) is 1. The molecule has 5 nitrogen and oxygen atoms in total. The fraction of sp³-hybridized carbons (Fsp3) is 0.923.